The second-order valence-corrected chi connectivity index (χ2v) is 15.8. The Kier molecular flexibility index (Phi) is 7.92. The minimum atomic E-state index is -3.97. The van der Waals surface area contributed by atoms with Crippen LogP contribution in [-0.2, 0) is 19.8 Å². The monoisotopic (exact) mass is 647 g/mol. The van der Waals surface area contributed by atoms with Gasteiger partial charge in [0.15, 0.2) is 0 Å². The highest BCUT2D eigenvalue weighted by Crippen LogP contribution is 2.57. The lowest BCUT2D eigenvalue weighted by molar-refractivity contribution is -0.136. The summed E-state index contributed by atoms with van der Waals surface area (Å²) in [7, 11) is 4.53. The number of fused-ring (bicyclic) bond motifs is 6. The zero-order valence-electron chi connectivity index (χ0n) is 27.5. The number of methoxy groups -OCH3 is 1. The lowest BCUT2D eigenvalue weighted by atomic mass is 9.76. The lowest BCUT2D eigenvalue weighted by Gasteiger charge is -2.35. The molecule has 3 aliphatic carbocycles. The third-order valence-corrected chi connectivity index (χ3v) is 12.4. The summed E-state index contributed by atoms with van der Waals surface area (Å²) in [5.41, 5.74) is 5.89. The van der Waals surface area contributed by atoms with Crippen molar-refractivity contribution in [3.63, 3.8) is 0 Å². The van der Waals surface area contributed by atoms with Crippen molar-refractivity contribution in [2.75, 3.05) is 48.4 Å². The fourth-order valence-corrected chi connectivity index (χ4v) is 8.95. The van der Waals surface area contributed by atoms with Crippen LogP contribution in [0.1, 0.15) is 68.0 Å². The van der Waals surface area contributed by atoms with Crippen molar-refractivity contribution < 1.29 is 22.7 Å². The van der Waals surface area contributed by atoms with Gasteiger partial charge >= 0.3 is 10.2 Å². The Hall–Kier alpha value is -3.41. The van der Waals surface area contributed by atoms with Crippen LogP contribution >= 0.6 is 0 Å². The molecule has 0 radical (unpaired) electrons. The van der Waals surface area contributed by atoms with E-state index in [-0.39, 0.29) is 23.8 Å². The van der Waals surface area contributed by atoms with E-state index in [4.69, 9.17) is 4.74 Å². The Morgan fingerprint density at radius 1 is 1.07 bits per heavy atom. The summed E-state index contributed by atoms with van der Waals surface area (Å²) >= 11 is 0. The maximum Gasteiger partial charge on any atom is 0.303 e. The topological polar surface area (TPSA) is 104 Å². The molecule has 1 N–H and O–H groups in total. The van der Waals surface area contributed by atoms with E-state index in [1.54, 1.807) is 7.11 Å². The highest BCUT2D eigenvalue weighted by atomic mass is 32.2. The van der Waals surface area contributed by atoms with Gasteiger partial charge in [0.05, 0.1) is 24.5 Å². The third kappa shape index (κ3) is 5.11. The van der Waals surface area contributed by atoms with Crippen LogP contribution in [0.2, 0.25) is 0 Å². The molecule has 5 aliphatic rings. The average Bonchev–Trinajstić information content (AvgIpc) is 3.44. The summed E-state index contributed by atoms with van der Waals surface area (Å²) in [6.07, 6.45) is 13.5. The van der Waals surface area contributed by atoms with Gasteiger partial charge in [0.25, 0.3) is 0 Å². The molecule has 2 aliphatic heterocycles. The van der Waals surface area contributed by atoms with Crippen molar-refractivity contribution in [1.82, 2.24) is 23.4 Å². The Balaban J connectivity index is 1.40. The van der Waals surface area contributed by atoms with Crippen molar-refractivity contribution in [2.24, 2.45) is 11.8 Å². The number of ether oxygens (including phenoxy) is 1. The summed E-state index contributed by atoms with van der Waals surface area (Å²) in [5, 5.41) is 1.00. The number of nitrogens with zero attached hydrogens (tertiary/aromatic N) is 4. The first-order chi connectivity index (χ1) is 22.0. The van der Waals surface area contributed by atoms with Crippen LogP contribution in [0.5, 0.6) is 5.75 Å². The van der Waals surface area contributed by atoms with Gasteiger partial charge < -0.3 is 19.1 Å². The number of nitrogens with one attached hydrogen (secondary N) is 1. The van der Waals surface area contributed by atoms with Gasteiger partial charge in [0.2, 0.25) is 11.8 Å². The van der Waals surface area contributed by atoms with Crippen LogP contribution in [0.15, 0.2) is 47.1 Å². The average molecular weight is 648 g/mol. The number of likely N-dealkylation sites (N-methyl/N-ethyl adjacent to an activating group) is 2. The number of amides is 2. The van der Waals surface area contributed by atoms with E-state index in [2.05, 4.69) is 45.5 Å². The molecule has 46 heavy (non-hydrogen) atoms. The molecule has 0 bridgehead atoms. The summed E-state index contributed by atoms with van der Waals surface area (Å²) in [6, 6.07) is 6.60. The van der Waals surface area contributed by atoms with Gasteiger partial charge in [-0.2, -0.15) is 12.7 Å². The fourth-order valence-electron chi connectivity index (χ4n) is 8.40. The predicted molar refractivity (Wildman–Crippen MR) is 179 cm³/mol. The van der Waals surface area contributed by atoms with E-state index in [0.29, 0.717) is 12.3 Å². The highest BCUT2D eigenvalue weighted by molar-refractivity contribution is 7.87. The number of allylic oxidation sites excluding steroid dienone is 3. The zero-order chi connectivity index (χ0) is 32.5. The number of hydrogen-bond donors (Lipinski definition) is 1. The van der Waals surface area contributed by atoms with Crippen molar-refractivity contribution in [3.8, 4) is 5.75 Å². The normalized spacial score (nSPS) is 26.3. The van der Waals surface area contributed by atoms with Crippen LogP contribution in [-0.4, -0.2) is 93.3 Å². The SMILES string of the molecule is COc1ccc(C2CCCCC2)c2c1cc1n2C=C2C(=C3C=CC[C@@H](C(=O)N(C)C4CCN(C)C4)C31)C2C(=O)NS(=O)(=O)N(C)C. The summed E-state index contributed by atoms with van der Waals surface area (Å²) in [5.74, 6) is -0.653. The standard InChI is InChI=1S/C35H45N5O5S/c1-37(2)46(43,44)36-34(41)32-27-20-40-28(18-26-29(45-5)15-14-23(33(26)40)21-10-7-6-8-11-21)30-24(31(27)32)12-9-13-25(30)35(42)39(4)22-16-17-38(3)19-22/h9,12,14-15,18,20-22,25,30,32H,6-8,10-11,13,16-17,19H2,1-5H3,(H,36,41)/t22?,25-,30?,32?/m1/s1. The second kappa shape index (κ2) is 11.7. The maximum atomic E-state index is 14.5. The molecule has 246 valence electrons. The number of carbonyl (C=O) groups excluding carboxylic acids is 2. The molecule has 3 unspecified atom stereocenters. The first kappa shape index (κ1) is 31.2. The largest absolute Gasteiger partial charge is 0.496 e. The molecule has 3 fully saturated rings. The quantitative estimate of drug-likeness (QED) is 0.483. The van der Waals surface area contributed by atoms with Crippen LogP contribution in [0.25, 0.3) is 17.1 Å². The lowest BCUT2D eigenvalue weighted by Crippen LogP contribution is -2.44. The van der Waals surface area contributed by atoms with Gasteiger partial charge in [-0.1, -0.05) is 37.5 Å². The molecule has 7 rings (SSSR count). The van der Waals surface area contributed by atoms with Crippen LogP contribution in [0, 0.1) is 11.8 Å². The van der Waals surface area contributed by atoms with Gasteiger partial charge in [-0.3, -0.25) is 9.59 Å². The smallest absolute Gasteiger partial charge is 0.303 e. The number of hydrogen-bond acceptors (Lipinski definition) is 6. The molecule has 11 heteroatoms. The summed E-state index contributed by atoms with van der Waals surface area (Å²) < 4.78 is 36.8. The van der Waals surface area contributed by atoms with Crippen LogP contribution in [0.4, 0.5) is 0 Å². The fraction of sp³-hybridized carbons (Fsp3) is 0.543. The van der Waals surface area contributed by atoms with Crippen LogP contribution in [0.3, 0.4) is 0 Å². The number of aromatic nitrogens is 1. The second-order valence-electron chi connectivity index (χ2n) is 13.9. The summed E-state index contributed by atoms with van der Waals surface area (Å²) in [4.78, 5) is 32.3. The highest BCUT2D eigenvalue weighted by Gasteiger charge is 2.52. The Bertz CT molecular complexity index is 1800. The molecule has 1 saturated heterocycles. The predicted octanol–water partition coefficient (Wildman–Crippen LogP) is 4.22. The van der Waals surface area contributed by atoms with Crippen molar-refractivity contribution in [1.29, 1.82) is 0 Å². The molecule has 0 spiro atoms. The molecule has 4 atom stereocenters. The molecule has 2 aromatic rings. The van der Waals surface area contributed by atoms with E-state index in [0.717, 1.165) is 75.7 Å². The van der Waals surface area contributed by atoms with Gasteiger partial charge in [0, 0.05) is 56.9 Å². The van der Waals surface area contributed by atoms with Gasteiger partial charge in [-0.25, -0.2) is 4.72 Å². The van der Waals surface area contributed by atoms with E-state index in [9.17, 15) is 18.0 Å². The van der Waals surface area contributed by atoms with E-state index >= 15 is 0 Å². The number of benzene rings is 1. The number of likely N-dealkylation sites (tertiary alicyclic amines) is 1. The Labute approximate surface area is 271 Å². The maximum absolute atomic E-state index is 14.5. The van der Waals surface area contributed by atoms with Gasteiger partial charge in [0.1, 0.15) is 5.75 Å². The molecular weight excluding hydrogens is 602 g/mol. The molecule has 1 aromatic carbocycles. The molecule has 10 nitrogen and oxygen atoms in total. The number of carbonyl (C=O) groups is 2. The Morgan fingerprint density at radius 2 is 1.83 bits per heavy atom. The first-order valence-corrected chi connectivity index (χ1v) is 18.0. The van der Waals surface area contributed by atoms with Crippen molar-refractivity contribution in [3.05, 3.63) is 58.3 Å². The minimum Gasteiger partial charge on any atom is -0.496 e. The molecule has 3 heterocycles. The molecule has 2 amide bonds. The van der Waals surface area contributed by atoms with E-state index in [1.165, 1.54) is 38.9 Å². The molecule has 1 aromatic heterocycles. The number of rotatable bonds is 7. The summed E-state index contributed by atoms with van der Waals surface area (Å²) in [6.45, 7) is 1.81. The van der Waals surface area contributed by atoms with E-state index < -0.39 is 22.0 Å². The minimum absolute atomic E-state index is 0.101. The molecule has 2 saturated carbocycles. The van der Waals surface area contributed by atoms with E-state index in [1.807, 2.05) is 24.2 Å². The Morgan fingerprint density at radius 3 is 2.50 bits per heavy atom. The third-order valence-electron chi connectivity index (χ3n) is 11.0. The van der Waals surface area contributed by atoms with Crippen LogP contribution < -0.4 is 9.46 Å². The zero-order valence-corrected chi connectivity index (χ0v) is 28.3. The van der Waals surface area contributed by atoms with Crippen molar-refractivity contribution in [2.45, 2.75) is 62.8 Å². The molecular formula is C35H45N5O5S. The first-order valence-electron chi connectivity index (χ1n) is 16.6. The van der Waals surface area contributed by atoms with Gasteiger partial charge in [-0.15, -0.1) is 0 Å². The van der Waals surface area contributed by atoms with Gasteiger partial charge in [-0.05, 0) is 79.6 Å². The van der Waals surface area contributed by atoms with Crippen molar-refractivity contribution >= 4 is 39.1 Å².